The van der Waals surface area contributed by atoms with Crippen molar-refractivity contribution in [2.24, 2.45) is 5.92 Å². The van der Waals surface area contributed by atoms with Gasteiger partial charge < -0.3 is 9.15 Å². The number of hydrogen-bond donors (Lipinski definition) is 0. The lowest BCUT2D eigenvalue weighted by Crippen LogP contribution is -2.44. The van der Waals surface area contributed by atoms with E-state index in [1.54, 1.807) is 0 Å². The van der Waals surface area contributed by atoms with Crippen molar-refractivity contribution in [1.82, 2.24) is 4.90 Å². The van der Waals surface area contributed by atoms with Gasteiger partial charge in [-0.2, -0.15) is 11.8 Å². The largest absolute Gasteiger partial charge is 0.465 e. The molecule has 1 saturated carbocycles. The standard InChI is InChI=1S/C16H25NO2S/c1-3-18-14-8-13(9-14)10-17-6-7-20-11-15(17)16-5-4-12(2)19-16/h4-5,13-15H,3,6-11H2,1-2H3/t13?,14?,15-/m1/s1. The summed E-state index contributed by atoms with van der Waals surface area (Å²) in [6, 6.07) is 4.71. The molecule has 1 saturated heterocycles. The minimum Gasteiger partial charge on any atom is -0.465 e. The molecule has 0 amide bonds. The number of thioether (sulfide) groups is 1. The van der Waals surface area contributed by atoms with Gasteiger partial charge in [-0.05, 0) is 44.7 Å². The number of hydrogen-bond acceptors (Lipinski definition) is 4. The van der Waals surface area contributed by atoms with Gasteiger partial charge in [0.2, 0.25) is 0 Å². The molecule has 0 N–H and O–H groups in total. The molecule has 0 bridgehead atoms. The molecule has 4 heteroatoms. The summed E-state index contributed by atoms with van der Waals surface area (Å²) in [6.45, 7) is 7.36. The zero-order chi connectivity index (χ0) is 13.9. The Balaban J connectivity index is 1.56. The van der Waals surface area contributed by atoms with Gasteiger partial charge in [0.1, 0.15) is 11.5 Å². The summed E-state index contributed by atoms with van der Waals surface area (Å²) in [5, 5.41) is 0. The van der Waals surface area contributed by atoms with Crippen LogP contribution in [-0.2, 0) is 4.74 Å². The Morgan fingerprint density at radius 2 is 2.25 bits per heavy atom. The third-order valence-electron chi connectivity index (χ3n) is 4.42. The van der Waals surface area contributed by atoms with E-state index in [2.05, 4.69) is 24.0 Å². The monoisotopic (exact) mass is 295 g/mol. The molecule has 2 heterocycles. The number of ether oxygens (including phenoxy) is 1. The Bertz CT molecular complexity index is 428. The zero-order valence-electron chi connectivity index (χ0n) is 12.5. The first-order valence-corrected chi connectivity index (χ1v) is 8.91. The summed E-state index contributed by atoms with van der Waals surface area (Å²) in [5.74, 6) is 5.39. The van der Waals surface area contributed by atoms with E-state index >= 15 is 0 Å². The minimum atomic E-state index is 0.466. The van der Waals surface area contributed by atoms with Crippen molar-refractivity contribution in [1.29, 1.82) is 0 Å². The molecule has 0 radical (unpaired) electrons. The van der Waals surface area contributed by atoms with E-state index < -0.39 is 0 Å². The Morgan fingerprint density at radius 1 is 1.40 bits per heavy atom. The molecule has 2 fully saturated rings. The lowest BCUT2D eigenvalue weighted by molar-refractivity contribution is -0.0368. The molecule has 0 aromatic carbocycles. The van der Waals surface area contributed by atoms with Crippen molar-refractivity contribution in [3.8, 4) is 0 Å². The topological polar surface area (TPSA) is 25.6 Å². The molecule has 20 heavy (non-hydrogen) atoms. The predicted octanol–water partition coefficient (Wildman–Crippen LogP) is 3.49. The summed E-state index contributed by atoms with van der Waals surface area (Å²) in [5.41, 5.74) is 0. The van der Waals surface area contributed by atoms with Crippen molar-refractivity contribution < 1.29 is 9.15 Å². The fraction of sp³-hybridized carbons (Fsp3) is 0.750. The average molecular weight is 295 g/mol. The summed E-state index contributed by atoms with van der Waals surface area (Å²) >= 11 is 2.05. The number of nitrogens with zero attached hydrogens (tertiary/aromatic N) is 1. The SMILES string of the molecule is CCOC1CC(CN2CCSC[C@@H]2c2ccc(C)o2)C1. The third kappa shape index (κ3) is 3.23. The maximum atomic E-state index is 5.87. The first-order chi connectivity index (χ1) is 9.76. The van der Waals surface area contributed by atoms with Gasteiger partial charge >= 0.3 is 0 Å². The summed E-state index contributed by atoms with van der Waals surface area (Å²) in [7, 11) is 0. The first-order valence-electron chi connectivity index (χ1n) is 7.76. The molecule has 1 aliphatic heterocycles. The summed E-state index contributed by atoms with van der Waals surface area (Å²) in [4.78, 5) is 2.63. The molecular formula is C16H25NO2S. The van der Waals surface area contributed by atoms with Crippen LogP contribution in [0.15, 0.2) is 16.5 Å². The Labute approximate surface area is 126 Å². The Morgan fingerprint density at radius 3 is 2.95 bits per heavy atom. The molecular weight excluding hydrogens is 270 g/mol. The highest BCUT2D eigenvalue weighted by atomic mass is 32.2. The van der Waals surface area contributed by atoms with Crippen molar-refractivity contribution in [3.05, 3.63) is 23.7 Å². The second-order valence-electron chi connectivity index (χ2n) is 5.95. The second-order valence-corrected chi connectivity index (χ2v) is 7.10. The molecule has 3 rings (SSSR count). The zero-order valence-corrected chi connectivity index (χ0v) is 13.3. The highest BCUT2D eigenvalue weighted by molar-refractivity contribution is 7.99. The van der Waals surface area contributed by atoms with E-state index in [-0.39, 0.29) is 0 Å². The number of rotatable bonds is 5. The molecule has 2 aliphatic rings. The van der Waals surface area contributed by atoms with Crippen LogP contribution in [0.4, 0.5) is 0 Å². The van der Waals surface area contributed by atoms with Crippen LogP contribution in [0.25, 0.3) is 0 Å². The Hall–Kier alpha value is -0.450. The maximum Gasteiger partial charge on any atom is 0.122 e. The molecule has 0 unspecified atom stereocenters. The van der Waals surface area contributed by atoms with Gasteiger partial charge in [-0.15, -0.1) is 0 Å². The van der Waals surface area contributed by atoms with Crippen molar-refractivity contribution in [2.45, 2.75) is 38.8 Å². The quantitative estimate of drug-likeness (QED) is 0.830. The molecule has 0 spiro atoms. The number of furan rings is 1. The van der Waals surface area contributed by atoms with Gasteiger partial charge in [0.25, 0.3) is 0 Å². The summed E-state index contributed by atoms with van der Waals surface area (Å²) in [6.07, 6.45) is 3.00. The highest BCUT2D eigenvalue weighted by Crippen LogP contribution is 2.36. The fourth-order valence-electron chi connectivity index (χ4n) is 3.28. The average Bonchev–Trinajstić information content (AvgIpc) is 2.83. The first kappa shape index (κ1) is 14.5. The molecule has 1 atom stereocenters. The molecule has 1 aromatic rings. The molecule has 1 aliphatic carbocycles. The Kier molecular flexibility index (Phi) is 4.74. The van der Waals surface area contributed by atoms with Crippen LogP contribution in [0.2, 0.25) is 0 Å². The molecule has 1 aromatic heterocycles. The highest BCUT2D eigenvalue weighted by Gasteiger charge is 2.34. The van der Waals surface area contributed by atoms with Crippen LogP contribution in [0, 0.1) is 12.8 Å². The van der Waals surface area contributed by atoms with Crippen LogP contribution < -0.4 is 0 Å². The van der Waals surface area contributed by atoms with Crippen LogP contribution in [-0.4, -0.2) is 42.2 Å². The summed E-state index contributed by atoms with van der Waals surface area (Å²) < 4.78 is 11.5. The van der Waals surface area contributed by atoms with E-state index in [4.69, 9.17) is 9.15 Å². The number of aryl methyl sites for hydroxylation is 1. The molecule has 3 nitrogen and oxygen atoms in total. The second kappa shape index (κ2) is 6.54. The van der Waals surface area contributed by atoms with Crippen molar-refractivity contribution in [3.63, 3.8) is 0 Å². The lowest BCUT2D eigenvalue weighted by Gasteiger charge is -2.42. The van der Waals surface area contributed by atoms with Crippen LogP contribution >= 0.6 is 11.8 Å². The molecule has 112 valence electrons. The van der Waals surface area contributed by atoms with Crippen molar-refractivity contribution in [2.75, 3.05) is 31.2 Å². The third-order valence-corrected chi connectivity index (χ3v) is 5.44. The normalized spacial score (nSPS) is 31.2. The predicted molar refractivity (Wildman–Crippen MR) is 83.2 cm³/mol. The van der Waals surface area contributed by atoms with Gasteiger partial charge in [-0.1, -0.05) is 0 Å². The van der Waals surface area contributed by atoms with E-state index in [9.17, 15) is 0 Å². The van der Waals surface area contributed by atoms with Crippen LogP contribution in [0.5, 0.6) is 0 Å². The van der Waals surface area contributed by atoms with E-state index in [1.165, 1.54) is 31.7 Å². The van der Waals surface area contributed by atoms with E-state index in [1.807, 2.05) is 18.7 Å². The lowest BCUT2D eigenvalue weighted by atomic mass is 9.81. The van der Waals surface area contributed by atoms with Gasteiger partial charge in [0.05, 0.1) is 12.1 Å². The maximum absolute atomic E-state index is 5.87. The fourth-order valence-corrected chi connectivity index (χ4v) is 4.41. The van der Waals surface area contributed by atoms with Crippen LogP contribution in [0.1, 0.15) is 37.3 Å². The van der Waals surface area contributed by atoms with Gasteiger partial charge in [-0.3, -0.25) is 4.90 Å². The minimum absolute atomic E-state index is 0.466. The van der Waals surface area contributed by atoms with Crippen LogP contribution in [0.3, 0.4) is 0 Å². The van der Waals surface area contributed by atoms with E-state index in [0.29, 0.717) is 12.1 Å². The van der Waals surface area contributed by atoms with Gasteiger partial charge in [-0.25, -0.2) is 0 Å². The smallest absolute Gasteiger partial charge is 0.122 e. The van der Waals surface area contributed by atoms with Gasteiger partial charge in [0, 0.05) is 31.2 Å². The van der Waals surface area contributed by atoms with Crippen molar-refractivity contribution >= 4 is 11.8 Å². The van der Waals surface area contributed by atoms with E-state index in [0.717, 1.165) is 29.8 Å². The van der Waals surface area contributed by atoms with Gasteiger partial charge in [0.15, 0.2) is 0 Å².